The number of rotatable bonds is 4. The fourth-order valence-corrected chi connectivity index (χ4v) is 2.71. The molecule has 22 heavy (non-hydrogen) atoms. The van der Waals surface area contributed by atoms with Crippen molar-refractivity contribution in [2.24, 2.45) is 0 Å². The van der Waals surface area contributed by atoms with Crippen LogP contribution in [0.15, 0.2) is 60.2 Å². The second kappa shape index (κ2) is 6.82. The molecule has 110 valence electrons. The van der Waals surface area contributed by atoms with Gasteiger partial charge in [-0.25, -0.2) is 14.8 Å². The number of carbonyl (C=O) groups excluding carboxylic acids is 1. The van der Waals surface area contributed by atoms with Gasteiger partial charge in [0.05, 0.1) is 0 Å². The van der Waals surface area contributed by atoms with Crippen molar-refractivity contribution in [3.05, 3.63) is 65.8 Å². The van der Waals surface area contributed by atoms with Crippen LogP contribution in [0.4, 0.5) is 10.6 Å². The molecule has 3 rings (SSSR count). The summed E-state index contributed by atoms with van der Waals surface area (Å²) in [5.41, 5.74) is 2.06. The molecule has 0 unspecified atom stereocenters. The molecular weight excluding hydrogens is 296 g/mol. The molecule has 0 atom stereocenters. The standard InChI is InChI=1S/C16H14N4OS/c21-16(20-14-7-3-4-8-17-14)19-11-12-5-1-2-6-13(12)15-18-9-10-22-15/h1-10H,11H2,(H2,17,19,20,21). The summed E-state index contributed by atoms with van der Waals surface area (Å²) in [6.07, 6.45) is 3.41. The van der Waals surface area contributed by atoms with E-state index in [1.807, 2.05) is 35.7 Å². The molecule has 0 radical (unpaired) electrons. The second-order valence-corrected chi connectivity index (χ2v) is 5.41. The summed E-state index contributed by atoms with van der Waals surface area (Å²) < 4.78 is 0. The van der Waals surface area contributed by atoms with Crippen molar-refractivity contribution in [1.82, 2.24) is 15.3 Å². The summed E-state index contributed by atoms with van der Waals surface area (Å²) in [7, 11) is 0. The van der Waals surface area contributed by atoms with Gasteiger partial charge in [-0.1, -0.05) is 30.3 Å². The molecule has 0 fully saturated rings. The first-order chi connectivity index (χ1) is 10.8. The van der Waals surface area contributed by atoms with Gasteiger partial charge in [0.1, 0.15) is 10.8 Å². The molecule has 0 saturated carbocycles. The summed E-state index contributed by atoms with van der Waals surface area (Å²) in [6.45, 7) is 0.425. The Morgan fingerprint density at radius 1 is 1.05 bits per heavy atom. The zero-order valence-electron chi connectivity index (χ0n) is 11.7. The Hall–Kier alpha value is -2.73. The number of thiazole rings is 1. The quantitative estimate of drug-likeness (QED) is 0.774. The zero-order valence-corrected chi connectivity index (χ0v) is 12.5. The average Bonchev–Trinajstić information content (AvgIpc) is 3.08. The molecule has 0 spiro atoms. The Balaban J connectivity index is 1.66. The predicted molar refractivity (Wildman–Crippen MR) is 87.6 cm³/mol. The van der Waals surface area contributed by atoms with Crippen LogP contribution < -0.4 is 10.6 Å². The number of carbonyl (C=O) groups is 1. The molecule has 0 aliphatic heterocycles. The smallest absolute Gasteiger partial charge is 0.320 e. The summed E-state index contributed by atoms with van der Waals surface area (Å²) >= 11 is 1.58. The van der Waals surface area contributed by atoms with E-state index >= 15 is 0 Å². The van der Waals surface area contributed by atoms with Crippen molar-refractivity contribution >= 4 is 23.2 Å². The van der Waals surface area contributed by atoms with Crippen molar-refractivity contribution in [3.8, 4) is 10.6 Å². The van der Waals surface area contributed by atoms with Crippen LogP contribution in [-0.4, -0.2) is 16.0 Å². The largest absolute Gasteiger partial charge is 0.334 e. The fourth-order valence-electron chi connectivity index (χ4n) is 2.01. The number of pyridine rings is 1. The minimum atomic E-state index is -0.285. The van der Waals surface area contributed by atoms with E-state index in [9.17, 15) is 4.79 Å². The molecule has 0 saturated heterocycles. The van der Waals surface area contributed by atoms with Crippen LogP contribution in [0.3, 0.4) is 0 Å². The highest BCUT2D eigenvalue weighted by Gasteiger charge is 2.08. The lowest BCUT2D eigenvalue weighted by molar-refractivity contribution is 0.251. The van der Waals surface area contributed by atoms with Gasteiger partial charge in [-0.05, 0) is 17.7 Å². The number of urea groups is 1. The van der Waals surface area contributed by atoms with Gasteiger partial charge in [0.15, 0.2) is 0 Å². The van der Waals surface area contributed by atoms with Crippen molar-refractivity contribution in [1.29, 1.82) is 0 Å². The normalized spacial score (nSPS) is 10.2. The van der Waals surface area contributed by atoms with E-state index in [4.69, 9.17) is 0 Å². The van der Waals surface area contributed by atoms with E-state index < -0.39 is 0 Å². The van der Waals surface area contributed by atoms with E-state index in [2.05, 4.69) is 20.6 Å². The molecule has 1 aromatic carbocycles. The van der Waals surface area contributed by atoms with E-state index in [1.165, 1.54) is 0 Å². The first-order valence-corrected chi connectivity index (χ1v) is 7.64. The molecule has 2 N–H and O–H groups in total. The van der Waals surface area contributed by atoms with Crippen LogP contribution in [0, 0.1) is 0 Å². The van der Waals surface area contributed by atoms with Gasteiger partial charge in [-0.2, -0.15) is 0 Å². The topological polar surface area (TPSA) is 66.9 Å². The Kier molecular flexibility index (Phi) is 4.41. The maximum absolute atomic E-state index is 11.9. The van der Waals surface area contributed by atoms with Gasteiger partial charge in [0.25, 0.3) is 0 Å². The molecule has 0 aliphatic carbocycles. The minimum Gasteiger partial charge on any atom is -0.334 e. The Morgan fingerprint density at radius 2 is 1.91 bits per heavy atom. The van der Waals surface area contributed by atoms with Crippen molar-refractivity contribution in [3.63, 3.8) is 0 Å². The van der Waals surface area contributed by atoms with Gasteiger partial charge in [0.2, 0.25) is 0 Å². The third kappa shape index (κ3) is 3.48. The number of amides is 2. The van der Waals surface area contributed by atoms with Gasteiger partial charge in [0, 0.05) is 29.9 Å². The number of hydrogen-bond acceptors (Lipinski definition) is 4. The second-order valence-electron chi connectivity index (χ2n) is 4.52. The molecule has 0 aliphatic rings. The van der Waals surface area contributed by atoms with Crippen molar-refractivity contribution in [2.75, 3.05) is 5.32 Å². The third-order valence-electron chi connectivity index (χ3n) is 3.03. The highest BCUT2D eigenvalue weighted by atomic mass is 32.1. The lowest BCUT2D eigenvalue weighted by Gasteiger charge is -2.09. The number of nitrogens with one attached hydrogen (secondary N) is 2. The molecule has 3 aromatic rings. The predicted octanol–water partition coefficient (Wildman–Crippen LogP) is 3.53. The number of benzene rings is 1. The average molecular weight is 310 g/mol. The number of hydrogen-bond donors (Lipinski definition) is 2. The number of anilines is 1. The maximum Gasteiger partial charge on any atom is 0.320 e. The van der Waals surface area contributed by atoms with E-state index in [1.54, 1.807) is 35.9 Å². The van der Waals surface area contributed by atoms with Gasteiger partial charge in [-0.15, -0.1) is 11.3 Å². The summed E-state index contributed by atoms with van der Waals surface area (Å²) in [6, 6.07) is 13.0. The molecule has 2 amide bonds. The van der Waals surface area contributed by atoms with E-state index in [0.29, 0.717) is 12.4 Å². The maximum atomic E-state index is 11.9. The molecule has 5 nitrogen and oxygen atoms in total. The number of nitrogens with zero attached hydrogens (tertiary/aromatic N) is 2. The molecule has 2 heterocycles. The lowest BCUT2D eigenvalue weighted by Crippen LogP contribution is -2.28. The summed E-state index contributed by atoms with van der Waals surface area (Å²) in [5, 5.41) is 8.41. The van der Waals surface area contributed by atoms with Crippen LogP contribution in [0.2, 0.25) is 0 Å². The highest BCUT2D eigenvalue weighted by molar-refractivity contribution is 7.13. The molecular formula is C16H14N4OS. The van der Waals surface area contributed by atoms with Gasteiger partial charge < -0.3 is 5.32 Å². The van der Waals surface area contributed by atoms with Crippen molar-refractivity contribution in [2.45, 2.75) is 6.54 Å². The van der Waals surface area contributed by atoms with Crippen LogP contribution in [0.1, 0.15) is 5.56 Å². The molecule has 6 heteroatoms. The monoisotopic (exact) mass is 310 g/mol. The fraction of sp³-hybridized carbons (Fsp3) is 0.0625. The van der Waals surface area contributed by atoms with Crippen LogP contribution >= 0.6 is 11.3 Å². The summed E-state index contributed by atoms with van der Waals surface area (Å²) in [4.78, 5) is 20.3. The Bertz CT molecular complexity index is 744. The lowest BCUT2D eigenvalue weighted by atomic mass is 10.1. The minimum absolute atomic E-state index is 0.285. The zero-order chi connectivity index (χ0) is 15.2. The third-order valence-corrected chi connectivity index (χ3v) is 3.83. The van der Waals surface area contributed by atoms with Crippen LogP contribution in [0.5, 0.6) is 0 Å². The molecule has 2 aromatic heterocycles. The Morgan fingerprint density at radius 3 is 2.68 bits per heavy atom. The van der Waals surface area contributed by atoms with E-state index in [-0.39, 0.29) is 6.03 Å². The van der Waals surface area contributed by atoms with Crippen LogP contribution in [-0.2, 0) is 6.54 Å². The van der Waals surface area contributed by atoms with E-state index in [0.717, 1.165) is 16.1 Å². The Labute approximate surface area is 132 Å². The highest BCUT2D eigenvalue weighted by Crippen LogP contribution is 2.25. The first-order valence-electron chi connectivity index (χ1n) is 6.76. The van der Waals surface area contributed by atoms with Gasteiger partial charge >= 0.3 is 6.03 Å². The first kappa shape index (κ1) is 14.2. The number of aromatic nitrogens is 2. The summed E-state index contributed by atoms with van der Waals surface area (Å²) in [5.74, 6) is 0.521. The van der Waals surface area contributed by atoms with Crippen molar-refractivity contribution < 1.29 is 4.79 Å². The van der Waals surface area contributed by atoms with Crippen LogP contribution in [0.25, 0.3) is 10.6 Å². The molecule has 0 bridgehead atoms. The van der Waals surface area contributed by atoms with Gasteiger partial charge in [-0.3, -0.25) is 5.32 Å². The SMILES string of the molecule is O=C(NCc1ccccc1-c1nccs1)Nc1ccccn1.